The first kappa shape index (κ1) is 19.2. The highest BCUT2D eigenvalue weighted by Gasteiger charge is 2.32. The van der Waals surface area contributed by atoms with Gasteiger partial charge >= 0.3 is 5.97 Å². The lowest BCUT2D eigenvalue weighted by Gasteiger charge is -2.21. The fraction of sp³-hybridized carbons (Fsp3) is 0.529. The maximum Gasteiger partial charge on any atom is 0.338 e. The zero-order chi connectivity index (χ0) is 18.6. The number of carbonyl (C=O) groups excluding carboxylic acids is 2. The van der Waals surface area contributed by atoms with Gasteiger partial charge in [-0.3, -0.25) is 9.10 Å². The molecule has 1 N–H and O–H groups in total. The summed E-state index contributed by atoms with van der Waals surface area (Å²) in [6, 6.07) is 4.57. The Kier molecular flexibility index (Phi) is 6.05. The van der Waals surface area contributed by atoms with Crippen LogP contribution in [-0.4, -0.2) is 45.7 Å². The summed E-state index contributed by atoms with van der Waals surface area (Å²) >= 11 is 0. The monoisotopic (exact) mass is 368 g/mol. The summed E-state index contributed by atoms with van der Waals surface area (Å²) in [5.41, 5.74) is 1.67. The third-order valence-electron chi connectivity index (χ3n) is 4.01. The lowest BCUT2D eigenvalue weighted by atomic mass is 10.1. The minimum absolute atomic E-state index is 0.194. The molecule has 1 aliphatic rings. The van der Waals surface area contributed by atoms with E-state index in [9.17, 15) is 18.0 Å². The first-order chi connectivity index (χ1) is 11.7. The van der Waals surface area contributed by atoms with Gasteiger partial charge < -0.3 is 10.1 Å². The maximum absolute atomic E-state index is 12.1. The lowest BCUT2D eigenvalue weighted by molar-refractivity contribution is -0.124. The van der Waals surface area contributed by atoms with Crippen molar-refractivity contribution in [2.24, 2.45) is 0 Å². The molecule has 138 valence electrons. The molecule has 7 nitrogen and oxygen atoms in total. The Morgan fingerprint density at radius 1 is 1.36 bits per heavy atom. The number of anilines is 1. The molecule has 1 atom stereocenters. The van der Waals surface area contributed by atoms with Gasteiger partial charge in [0.25, 0.3) is 5.91 Å². The second kappa shape index (κ2) is 7.86. The van der Waals surface area contributed by atoms with Crippen molar-refractivity contribution in [1.29, 1.82) is 0 Å². The molecule has 0 saturated heterocycles. The Bertz CT molecular complexity index is 760. The molecule has 25 heavy (non-hydrogen) atoms. The van der Waals surface area contributed by atoms with Crippen LogP contribution >= 0.6 is 0 Å². The number of nitrogens with one attached hydrogen (secondary N) is 1. The molecule has 0 radical (unpaired) electrons. The van der Waals surface area contributed by atoms with Gasteiger partial charge in [0, 0.05) is 12.6 Å². The van der Waals surface area contributed by atoms with Gasteiger partial charge in [-0.15, -0.1) is 0 Å². The summed E-state index contributed by atoms with van der Waals surface area (Å²) in [7, 11) is -3.37. The van der Waals surface area contributed by atoms with Gasteiger partial charge in [-0.2, -0.15) is 0 Å². The maximum atomic E-state index is 12.1. The van der Waals surface area contributed by atoms with E-state index in [1.165, 1.54) is 10.4 Å². The number of amides is 1. The molecule has 0 bridgehead atoms. The molecule has 0 aromatic heterocycles. The van der Waals surface area contributed by atoms with Gasteiger partial charge in [0.2, 0.25) is 10.0 Å². The standard InChI is InChI=1S/C17H24N2O5S/c1-4-5-8-18-16(20)11-24-17(21)13-6-7-15-14(10-13)9-12(2)19(15)25(3,22)23/h6-7,10,12H,4-5,8-9,11H2,1-3H3,(H,18,20)/t12-/m1/s1. The van der Waals surface area contributed by atoms with E-state index >= 15 is 0 Å². The van der Waals surface area contributed by atoms with Crippen molar-refractivity contribution in [3.05, 3.63) is 29.3 Å². The van der Waals surface area contributed by atoms with E-state index in [4.69, 9.17) is 4.74 Å². The number of unbranched alkanes of at least 4 members (excludes halogenated alkanes) is 1. The van der Waals surface area contributed by atoms with E-state index in [1.807, 2.05) is 13.8 Å². The summed E-state index contributed by atoms with van der Waals surface area (Å²) in [5, 5.41) is 2.67. The molecule has 0 spiro atoms. The van der Waals surface area contributed by atoms with Gasteiger partial charge in [-0.25, -0.2) is 13.2 Å². The largest absolute Gasteiger partial charge is 0.452 e. The summed E-state index contributed by atoms with van der Waals surface area (Å²) in [4.78, 5) is 23.7. The molecule has 0 fully saturated rings. The molecular formula is C17H24N2O5S. The number of nitrogens with zero attached hydrogens (tertiary/aromatic N) is 1. The molecule has 0 aliphatic carbocycles. The van der Waals surface area contributed by atoms with E-state index in [0.717, 1.165) is 24.7 Å². The van der Waals surface area contributed by atoms with Crippen molar-refractivity contribution < 1.29 is 22.7 Å². The Hall–Kier alpha value is -2.09. The average molecular weight is 368 g/mol. The van der Waals surface area contributed by atoms with Crippen molar-refractivity contribution in [2.45, 2.75) is 39.2 Å². The Morgan fingerprint density at radius 3 is 2.72 bits per heavy atom. The predicted molar refractivity (Wildman–Crippen MR) is 95.1 cm³/mol. The zero-order valence-electron chi connectivity index (χ0n) is 14.7. The van der Waals surface area contributed by atoms with Crippen LogP contribution in [0.25, 0.3) is 0 Å². The molecule has 8 heteroatoms. The minimum Gasteiger partial charge on any atom is -0.452 e. The highest BCUT2D eigenvalue weighted by atomic mass is 32.2. The van der Waals surface area contributed by atoms with E-state index < -0.39 is 16.0 Å². The quantitative estimate of drug-likeness (QED) is 0.581. The minimum atomic E-state index is -3.37. The normalized spacial score (nSPS) is 16.4. The van der Waals surface area contributed by atoms with Gasteiger partial charge in [0.15, 0.2) is 6.61 Å². The van der Waals surface area contributed by atoms with Crippen LogP contribution in [0.3, 0.4) is 0 Å². The molecule has 1 amide bonds. The first-order valence-corrected chi connectivity index (χ1v) is 10.1. The number of hydrogen-bond acceptors (Lipinski definition) is 5. The Balaban J connectivity index is 2.02. The Morgan fingerprint density at radius 2 is 2.08 bits per heavy atom. The molecule has 1 aliphatic heterocycles. The third kappa shape index (κ3) is 4.72. The zero-order valence-corrected chi connectivity index (χ0v) is 15.6. The van der Waals surface area contributed by atoms with Gasteiger partial charge in [-0.1, -0.05) is 13.3 Å². The second-order valence-corrected chi connectivity index (χ2v) is 8.09. The fourth-order valence-corrected chi connectivity index (χ4v) is 4.17. The molecule has 1 aromatic rings. The molecule has 1 heterocycles. The van der Waals surface area contributed by atoms with Gasteiger partial charge in [0.1, 0.15) is 0 Å². The van der Waals surface area contributed by atoms with E-state index in [-0.39, 0.29) is 18.6 Å². The average Bonchev–Trinajstić information content (AvgIpc) is 2.87. The highest BCUT2D eigenvalue weighted by Crippen LogP contribution is 2.34. The number of ether oxygens (including phenoxy) is 1. The third-order valence-corrected chi connectivity index (χ3v) is 5.28. The number of esters is 1. The molecular weight excluding hydrogens is 344 g/mol. The molecule has 0 unspecified atom stereocenters. The number of benzene rings is 1. The molecule has 0 saturated carbocycles. The van der Waals surface area contributed by atoms with E-state index in [1.54, 1.807) is 12.1 Å². The highest BCUT2D eigenvalue weighted by molar-refractivity contribution is 7.92. The van der Waals surface area contributed by atoms with E-state index in [2.05, 4.69) is 5.32 Å². The summed E-state index contributed by atoms with van der Waals surface area (Å²) in [6.07, 6.45) is 3.54. The van der Waals surface area contributed by atoms with Crippen molar-refractivity contribution in [3.63, 3.8) is 0 Å². The number of sulfonamides is 1. The van der Waals surface area contributed by atoms with Crippen LogP contribution in [0.4, 0.5) is 5.69 Å². The molecule has 1 aromatic carbocycles. The lowest BCUT2D eigenvalue weighted by Crippen LogP contribution is -2.34. The van der Waals surface area contributed by atoms with Crippen molar-refractivity contribution in [1.82, 2.24) is 5.32 Å². The van der Waals surface area contributed by atoms with Crippen molar-refractivity contribution >= 4 is 27.6 Å². The first-order valence-electron chi connectivity index (χ1n) is 8.30. The summed E-state index contributed by atoms with van der Waals surface area (Å²) in [6.45, 7) is 4.07. The smallest absolute Gasteiger partial charge is 0.338 e. The van der Waals surface area contributed by atoms with Gasteiger partial charge in [0.05, 0.1) is 17.5 Å². The van der Waals surface area contributed by atoms with Crippen LogP contribution in [0.5, 0.6) is 0 Å². The number of fused-ring (bicyclic) bond motifs is 1. The van der Waals surface area contributed by atoms with Crippen LogP contribution in [0.1, 0.15) is 42.6 Å². The number of rotatable bonds is 7. The van der Waals surface area contributed by atoms with E-state index in [0.29, 0.717) is 24.2 Å². The predicted octanol–water partition coefficient (Wildman–Crippen LogP) is 1.47. The second-order valence-electron chi connectivity index (χ2n) is 6.24. The SMILES string of the molecule is CCCCNC(=O)COC(=O)c1ccc2c(c1)C[C@@H](C)N2S(C)(=O)=O. The summed E-state index contributed by atoms with van der Waals surface area (Å²) < 4.78 is 30.2. The van der Waals surface area contributed by atoms with Gasteiger partial charge in [-0.05, 0) is 43.5 Å². The topological polar surface area (TPSA) is 92.8 Å². The van der Waals surface area contributed by atoms with Crippen molar-refractivity contribution in [3.8, 4) is 0 Å². The number of hydrogen-bond donors (Lipinski definition) is 1. The fourth-order valence-electron chi connectivity index (χ4n) is 2.91. The van der Waals surface area contributed by atoms with Crippen LogP contribution in [0.2, 0.25) is 0 Å². The van der Waals surface area contributed by atoms with Crippen LogP contribution in [0, 0.1) is 0 Å². The van der Waals surface area contributed by atoms with Crippen LogP contribution in [-0.2, 0) is 26.0 Å². The van der Waals surface area contributed by atoms with Crippen LogP contribution in [0.15, 0.2) is 18.2 Å². The van der Waals surface area contributed by atoms with Crippen LogP contribution < -0.4 is 9.62 Å². The van der Waals surface area contributed by atoms with Crippen molar-refractivity contribution in [2.75, 3.05) is 23.7 Å². The Labute approximate surface area is 148 Å². The summed E-state index contributed by atoms with van der Waals surface area (Å²) in [5.74, 6) is -0.932. The molecule has 2 rings (SSSR count). The number of carbonyl (C=O) groups is 2.